The van der Waals surface area contributed by atoms with Crippen molar-refractivity contribution in [1.82, 2.24) is 20.3 Å². The van der Waals surface area contributed by atoms with Crippen LogP contribution in [0.2, 0.25) is 0 Å². The number of nitrogens with zero attached hydrogens (tertiary/aromatic N) is 3. The predicted octanol–water partition coefficient (Wildman–Crippen LogP) is 0.997. The van der Waals surface area contributed by atoms with Crippen molar-refractivity contribution in [3.05, 3.63) is 65.6 Å². The lowest BCUT2D eigenvalue weighted by atomic mass is 9.86. The Kier molecular flexibility index (Phi) is 6.91. The number of ether oxygens (including phenoxy) is 2. The van der Waals surface area contributed by atoms with Crippen LogP contribution in [0.25, 0.3) is 11.3 Å². The summed E-state index contributed by atoms with van der Waals surface area (Å²) in [5.41, 5.74) is 0.455. The van der Waals surface area contributed by atoms with E-state index in [4.69, 9.17) is 9.47 Å². The zero-order valence-corrected chi connectivity index (χ0v) is 19.3. The molecule has 2 aromatic carbocycles. The van der Waals surface area contributed by atoms with Gasteiger partial charge in [-0.3, -0.25) is 0 Å². The second-order valence-corrected chi connectivity index (χ2v) is 9.02. The van der Waals surface area contributed by atoms with Crippen molar-refractivity contribution in [1.29, 1.82) is 0 Å². The molecule has 198 valence electrons. The molecule has 1 spiro atoms. The molecule has 3 heterocycles. The second-order valence-electron chi connectivity index (χ2n) is 9.02. The fourth-order valence-electron chi connectivity index (χ4n) is 4.91. The average molecular weight is 522 g/mol. The van der Waals surface area contributed by atoms with Gasteiger partial charge < -0.3 is 35.2 Å². The van der Waals surface area contributed by atoms with Crippen molar-refractivity contribution >= 4 is 0 Å². The Morgan fingerprint density at radius 3 is 2.57 bits per heavy atom. The zero-order chi connectivity index (χ0) is 26.3. The molecule has 0 bridgehead atoms. The van der Waals surface area contributed by atoms with Gasteiger partial charge in [-0.05, 0) is 24.6 Å². The SMILES string of the molecule is OC[C@H]1O[C@]2(OCC[C@H]2NCc2ccccc2O)[C@H](O)[C@@H](n2cc(-c3cc(F)c(F)c(F)c3)nn2)[C@H]1O. The number of halogens is 3. The van der Waals surface area contributed by atoms with Gasteiger partial charge in [-0.2, -0.15) is 0 Å². The number of nitrogens with one attached hydrogen (secondary N) is 1. The lowest BCUT2D eigenvalue weighted by Gasteiger charge is -2.49. The molecule has 6 atom stereocenters. The highest BCUT2D eigenvalue weighted by Crippen LogP contribution is 2.43. The summed E-state index contributed by atoms with van der Waals surface area (Å²) in [7, 11) is 0. The van der Waals surface area contributed by atoms with E-state index >= 15 is 0 Å². The molecule has 13 heteroatoms. The van der Waals surface area contributed by atoms with E-state index in [2.05, 4.69) is 15.6 Å². The minimum absolute atomic E-state index is 0.0418. The summed E-state index contributed by atoms with van der Waals surface area (Å²) in [4.78, 5) is 0. The normalized spacial score (nSPS) is 29.7. The monoisotopic (exact) mass is 522 g/mol. The summed E-state index contributed by atoms with van der Waals surface area (Å²) in [6.07, 6.45) is -2.55. The van der Waals surface area contributed by atoms with Gasteiger partial charge in [0.25, 0.3) is 0 Å². The number of hydrogen-bond acceptors (Lipinski definition) is 9. The van der Waals surface area contributed by atoms with Gasteiger partial charge >= 0.3 is 0 Å². The van der Waals surface area contributed by atoms with E-state index in [-0.39, 0.29) is 30.2 Å². The second kappa shape index (κ2) is 10.0. The van der Waals surface area contributed by atoms with Crippen molar-refractivity contribution in [2.75, 3.05) is 13.2 Å². The van der Waals surface area contributed by atoms with Crippen molar-refractivity contribution < 1.29 is 43.1 Å². The topological polar surface area (TPSA) is 142 Å². The average Bonchev–Trinajstić information content (AvgIpc) is 3.52. The summed E-state index contributed by atoms with van der Waals surface area (Å²) < 4.78 is 53.7. The van der Waals surface area contributed by atoms with Crippen molar-refractivity contribution in [3.63, 3.8) is 0 Å². The molecule has 0 unspecified atom stereocenters. The molecule has 1 aromatic heterocycles. The fraction of sp³-hybridized carbons (Fsp3) is 0.417. The van der Waals surface area contributed by atoms with Crippen molar-refractivity contribution in [2.45, 2.75) is 49.1 Å². The summed E-state index contributed by atoms with van der Waals surface area (Å²) in [5, 5.41) is 53.4. The van der Waals surface area contributed by atoms with Crippen molar-refractivity contribution in [2.24, 2.45) is 0 Å². The molecule has 0 saturated carbocycles. The number of benzene rings is 2. The maximum Gasteiger partial charge on any atom is 0.213 e. The number of aromatic hydroxyl groups is 1. The standard InChI is InChI=1S/C24H25F3N4O6/c25-14-7-13(8-15(26)20(14)27)16-10-31(30-29-16)21-22(34)18(11-32)37-24(23(21)35)19(5-6-36-24)28-9-12-3-1-2-4-17(12)33/h1-4,7-8,10,18-19,21-23,28,32-35H,5-6,9,11H2/t18-,19-,21+,22+,23-,24+/m1/s1. The summed E-state index contributed by atoms with van der Waals surface area (Å²) in [6, 6.07) is 6.36. The molecule has 10 nitrogen and oxygen atoms in total. The van der Waals surface area contributed by atoms with E-state index in [1.54, 1.807) is 24.3 Å². The lowest BCUT2D eigenvalue weighted by Crippen LogP contribution is -2.68. The van der Waals surface area contributed by atoms with Gasteiger partial charge in [0, 0.05) is 17.7 Å². The number of para-hydroxylation sites is 1. The molecule has 2 aliphatic rings. The van der Waals surface area contributed by atoms with Gasteiger partial charge in [-0.25, -0.2) is 17.9 Å². The third-order valence-electron chi connectivity index (χ3n) is 6.83. The summed E-state index contributed by atoms with van der Waals surface area (Å²) in [6.45, 7) is -0.213. The first-order valence-corrected chi connectivity index (χ1v) is 11.6. The van der Waals surface area contributed by atoms with E-state index < -0.39 is 60.2 Å². The number of aromatic nitrogens is 3. The number of phenolic OH excluding ortho intramolecular Hbond substituents is 1. The van der Waals surface area contributed by atoms with Gasteiger partial charge in [0.2, 0.25) is 5.79 Å². The Labute approximate surface area is 208 Å². The van der Waals surface area contributed by atoms with Crippen LogP contribution in [0.5, 0.6) is 5.75 Å². The Balaban J connectivity index is 1.45. The molecule has 0 radical (unpaired) electrons. The molecule has 2 fully saturated rings. The number of phenols is 1. The highest BCUT2D eigenvalue weighted by Gasteiger charge is 2.61. The molecule has 37 heavy (non-hydrogen) atoms. The molecule has 5 rings (SSSR count). The Hall–Kier alpha value is -3.07. The molecule has 0 aliphatic carbocycles. The molecule has 3 aromatic rings. The first-order chi connectivity index (χ1) is 17.7. The molecular formula is C24H25F3N4O6. The number of hydrogen-bond donors (Lipinski definition) is 5. The summed E-state index contributed by atoms with van der Waals surface area (Å²) in [5.74, 6) is -6.07. The number of rotatable bonds is 6. The van der Waals surface area contributed by atoms with Crippen LogP contribution in [-0.4, -0.2) is 78.8 Å². The van der Waals surface area contributed by atoms with Crippen LogP contribution in [0.4, 0.5) is 13.2 Å². The number of aliphatic hydroxyl groups is 3. The minimum Gasteiger partial charge on any atom is -0.508 e. The Bertz CT molecular complexity index is 1260. The smallest absolute Gasteiger partial charge is 0.213 e. The molecule has 0 amide bonds. The maximum absolute atomic E-state index is 13.7. The quantitative estimate of drug-likeness (QED) is 0.300. The Morgan fingerprint density at radius 1 is 1.14 bits per heavy atom. The maximum atomic E-state index is 13.7. The predicted molar refractivity (Wildman–Crippen MR) is 120 cm³/mol. The molecule has 2 aliphatic heterocycles. The largest absolute Gasteiger partial charge is 0.508 e. The van der Waals surface area contributed by atoms with Gasteiger partial charge in [-0.15, -0.1) is 5.10 Å². The third kappa shape index (κ3) is 4.47. The van der Waals surface area contributed by atoms with Crippen LogP contribution >= 0.6 is 0 Å². The van der Waals surface area contributed by atoms with Gasteiger partial charge in [-0.1, -0.05) is 23.4 Å². The van der Waals surface area contributed by atoms with Crippen LogP contribution in [0.3, 0.4) is 0 Å². The van der Waals surface area contributed by atoms with E-state index in [1.807, 2.05) is 0 Å². The summed E-state index contributed by atoms with van der Waals surface area (Å²) >= 11 is 0. The minimum atomic E-state index is -1.71. The molecule has 2 saturated heterocycles. The zero-order valence-electron chi connectivity index (χ0n) is 19.3. The lowest BCUT2D eigenvalue weighted by molar-refractivity contribution is -0.345. The first-order valence-electron chi connectivity index (χ1n) is 11.6. The molecule has 5 N–H and O–H groups in total. The van der Waals surface area contributed by atoms with E-state index in [9.17, 15) is 33.6 Å². The van der Waals surface area contributed by atoms with E-state index in [0.29, 0.717) is 12.0 Å². The van der Waals surface area contributed by atoms with Crippen LogP contribution in [-0.2, 0) is 16.0 Å². The van der Waals surface area contributed by atoms with Crippen molar-refractivity contribution in [3.8, 4) is 17.0 Å². The Morgan fingerprint density at radius 2 is 1.86 bits per heavy atom. The first kappa shape index (κ1) is 25.6. The highest BCUT2D eigenvalue weighted by atomic mass is 19.2. The van der Waals surface area contributed by atoms with Gasteiger partial charge in [0.15, 0.2) is 17.5 Å². The molecular weight excluding hydrogens is 497 g/mol. The van der Waals surface area contributed by atoms with Crippen LogP contribution in [0.15, 0.2) is 42.6 Å². The van der Waals surface area contributed by atoms with E-state index in [1.165, 1.54) is 6.20 Å². The van der Waals surface area contributed by atoms with Gasteiger partial charge in [0.1, 0.15) is 35.8 Å². The fourth-order valence-corrected chi connectivity index (χ4v) is 4.91. The number of aliphatic hydroxyl groups excluding tert-OH is 3. The third-order valence-corrected chi connectivity index (χ3v) is 6.83. The van der Waals surface area contributed by atoms with Crippen LogP contribution < -0.4 is 5.32 Å². The van der Waals surface area contributed by atoms with E-state index in [0.717, 1.165) is 16.8 Å². The van der Waals surface area contributed by atoms with Crippen LogP contribution in [0, 0.1) is 17.5 Å². The van der Waals surface area contributed by atoms with Crippen LogP contribution in [0.1, 0.15) is 18.0 Å². The highest BCUT2D eigenvalue weighted by molar-refractivity contribution is 5.58. The van der Waals surface area contributed by atoms with Gasteiger partial charge in [0.05, 0.1) is 25.5 Å².